The third-order valence-corrected chi connectivity index (χ3v) is 4.82. The van der Waals surface area contributed by atoms with Crippen LogP contribution in [0.4, 0.5) is 13.2 Å². The van der Waals surface area contributed by atoms with Crippen LogP contribution in [0.3, 0.4) is 0 Å². The number of benzene rings is 1. The molecule has 1 heterocycles. The van der Waals surface area contributed by atoms with E-state index in [4.69, 9.17) is 4.78 Å². The van der Waals surface area contributed by atoms with E-state index in [1.165, 1.54) is 13.0 Å². The normalized spacial score (nSPS) is 14.0. The van der Waals surface area contributed by atoms with Crippen molar-refractivity contribution in [2.75, 3.05) is 7.11 Å². The zero-order valence-corrected chi connectivity index (χ0v) is 13.4. The van der Waals surface area contributed by atoms with Crippen LogP contribution in [0.5, 0.6) is 0 Å². The summed E-state index contributed by atoms with van der Waals surface area (Å²) in [5, 5.41) is 6.69. The maximum absolute atomic E-state index is 12.8. The van der Waals surface area contributed by atoms with Crippen molar-refractivity contribution in [1.29, 1.82) is 4.78 Å². The van der Waals surface area contributed by atoms with E-state index < -0.39 is 37.4 Å². The fourth-order valence-electron chi connectivity index (χ4n) is 1.91. The van der Waals surface area contributed by atoms with E-state index in [-0.39, 0.29) is 5.56 Å². The molecule has 0 aliphatic carbocycles. The molecule has 2 rings (SSSR count). The number of aromatic nitrogens is 2. The van der Waals surface area contributed by atoms with Crippen molar-refractivity contribution in [1.82, 2.24) is 10.2 Å². The molecule has 1 atom stereocenters. The Morgan fingerprint density at radius 2 is 1.92 bits per heavy atom. The number of ether oxygens (including phenoxy) is 1. The second-order valence-corrected chi connectivity index (χ2v) is 6.75. The molecule has 0 bridgehead atoms. The standard InChI is InChI=1S/C14H12F3N3O3S/c1-8-6-11(13(21)23-2)12(20-19-8)24(18,22)10-5-3-4-9(7-10)14(15,16)17/h3-7,18H,1-2H3/t24-/m1/s1. The van der Waals surface area contributed by atoms with E-state index in [1.54, 1.807) is 0 Å². The molecule has 0 unspecified atom stereocenters. The monoisotopic (exact) mass is 359 g/mol. The number of carbonyl (C=O) groups excluding carboxylic acids is 1. The van der Waals surface area contributed by atoms with Crippen LogP contribution in [-0.4, -0.2) is 27.5 Å². The molecule has 0 amide bonds. The first-order chi connectivity index (χ1) is 11.1. The van der Waals surface area contributed by atoms with E-state index in [1.807, 2.05) is 0 Å². The van der Waals surface area contributed by atoms with E-state index in [0.29, 0.717) is 11.8 Å². The molecule has 1 aromatic heterocycles. The Balaban J connectivity index is 2.67. The fourth-order valence-corrected chi connectivity index (χ4v) is 3.30. The van der Waals surface area contributed by atoms with Gasteiger partial charge in [0.25, 0.3) is 0 Å². The molecule has 0 spiro atoms. The number of alkyl halides is 3. The molecule has 24 heavy (non-hydrogen) atoms. The Morgan fingerprint density at radius 1 is 1.25 bits per heavy atom. The highest BCUT2D eigenvalue weighted by molar-refractivity contribution is 7.92. The number of nitrogens with zero attached hydrogens (tertiary/aromatic N) is 2. The number of methoxy groups -OCH3 is 1. The van der Waals surface area contributed by atoms with Crippen molar-refractivity contribution in [3.63, 3.8) is 0 Å². The van der Waals surface area contributed by atoms with Gasteiger partial charge in [0.05, 0.1) is 28.8 Å². The molecule has 6 nitrogen and oxygen atoms in total. The van der Waals surface area contributed by atoms with Crippen molar-refractivity contribution in [2.45, 2.75) is 23.0 Å². The molecule has 2 aromatic rings. The molecule has 128 valence electrons. The Kier molecular flexibility index (Phi) is 4.61. The molecule has 10 heteroatoms. The summed E-state index contributed by atoms with van der Waals surface area (Å²) in [5.41, 5.74) is -1.03. The Labute approximate surface area is 135 Å². The average molecular weight is 359 g/mol. The highest BCUT2D eigenvalue weighted by Gasteiger charge is 2.32. The molecule has 0 aliphatic rings. The van der Waals surface area contributed by atoms with E-state index >= 15 is 0 Å². The summed E-state index contributed by atoms with van der Waals surface area (Å²) in [6.07, 6.45) is -4.66. The molecule has 1 N–H and O–H groups in total. The van der Waals surface area contributed by atoms with Gasteiger partial charge in [-0.1, -0.05) is 6.07 Å². The van der Waals surface area contributed by atoms with Crippen LogP contribution in [0.1, 0.15) is 21.6 Å². The summed E-state index contributed by atoms with van der Waals surface area (Å²) in [5.74, 6) is -0.907. The highest BCUT2D eigenvalue weighted by atomic mass is 32.2. The maximum atomic E-state index is 12.8. The number of aryl methyl sites for hydroxylation is 1. The van der Waals surface area contributed by atoms with Gasteiger partial charge in [0.1, 0.15) is 9.73 Å². The number of halogens is 3. The lowest BCUT2D eigenvalue weighted by atomic mass is 10.2. The molecule has 0 radical (unpaired) electrons. The van der Waals surface area contributed by atoms with Crippen molar-refractivity contribution in [3.05, 3.63) is 47.2 Å². The summed E-state index contributed by atoms with van der Waals surface area (Å²) in [6, 6.07) is 4.74. The largest absolute Gasteiger partial charge is 0.465 e. The minimum absolute atomic E-state index is 0.276. The second-order valence-electron chi connectivity index (χ2n) is 4.78. The van der Waals surface area contributed by atoms with E-state index in [9.17, 15) is 22.2 Å². The van der Waals surface area contributed by atoms with Crippen molar-refractivity contribution in [3.8, 4) is 0 Å². The average Bonchev–Trinajstić information content (AvgIpc) is 2.53. The number of hydrogen-bond donors (Lipinski definition) is 1. The number of carbonyl (C=O) groups is 1. The quantitative estimate of drug-likeness (QED) is 0.850. The summed E-state index contributed by atoms with van der Waals surface area (Å²) in [6.45, 7) is 1.51. The van der Waals surface area contributed by atoms with Gasteiger partial charge in [-0.15, -0.1) is 5.10 Å². The number of nitrogens with one attached hydrogen (secondary N) is 1. The van der Waals surface area contributed by atoms with E-state index in [2.05, 4.69) is 14.9 Å². The van der Waals surface area contributed by atoms with Crippen molar-refractivity contribution >= 4 is 15.7 Å². The van der Waals surface area contributed by atoms with Gasteiger partial charge in [-0.05, 0) is 31.2 Å². The smallest absolute Gasteiger partial charge is 0.416 e. The van der Waals surface area contributed by atoms with Crippen LogP contribution in [0.15, 0.2) is 40.3 Å². The third-order valence-electron chi connectivity index (χ3n) is 3.05. The number of hydrogen-bond acceptors (Lipinski definition) is 6. The summed E-state index contributed by atoms with van der Waals surface area (Å²) in [4.78, 5) is 11.4. The number of rotatable bonds is 3. The Bertz CT molecular complexity index is 896. The minimum Gasteiger partial charge on any atom is -0.465 e. The topological polar surface area (TPSA) is 93.0 Å². The summed E-state index contributed by atoms with van der Waals surface area (Å²) < 4.78 is 63.8. The Hall–Kier alpha value is -2.49. The molecular weight excluding hydrogens is 347 g/mol. The molecule has 0 saturated heterocycles. The van der Waals surface area contributed by atoms with Gasteiger partial charge < -0.3 is 4.74 Å². The first kappa shape index (κ1) is 17.9. The van der Waals surface area contributed by atoms with Crippen LogP contribution >= 0.6 is 0 Å². The molecule has 0 aliphatic heterocycles. The van der Waals surface area contributed by atoms with Gasteiger partial charge in [-0.25, -0.2) is 13.8 Å². The lowest BCUT2D eigenvalue weighted by molar-refractivity contribution is -0.137. The van der Waals surface area contributed by atoms with Crippen molar-refractivity contribution < 1.29 is 26.9 Å². The predicted octanol–water partition coefficient (Wildman–Crippen LogP) is 3.06. The van der Waals surface area contributed by atoms with Crippen LogP contribution in [0.25, 0.3) is 0 Å². The van der Waals surface area contributed by atoms with Crippen LogP contribution < -0.4 is 0 Å². The lowest BCUT2D eigenvalue weighted by Gasteiger charge is -2.13. The van der Waals surface area contributed by atoms with Crippen LogP contribution in [-0.2, 0) is 20.6 Å². The summed E-state index contributed by atoms with van der Waals surface area (Å²) >= 11 is 0. The lowest BCUT2D eigenvalue weighted by Crippen LogP contribution is -2.15. The van der Waals surface area contributed by atoms with Gasteiger partial charge in [0, 0.05) is 0 Å². The zero-order valence-electron chi connectivity index (χ0n) is 12.5. The Morgan fingerprint density at radius 3 is 2.50 bits per heavy atom. The zero-order chi connectivity index (χ0) is 18.1. The van der Waals surface area contributed by atoms with Crippen molar-refractivity contribution in [2.24, 2.45) is 0 Å². The molecular formula is C14H12F3N3O3S. The van der Waals surface area contributed by atoms with Gasteiger partial charge in [-0.2, -0.15) is 18.3 Å². The highest BCUT2D eigenvalue weighted by Crippen LogP contribution is 2.32. The molecule has 1 aromatic carbocycles. The van der Waals surface area contributed by atoms with Gasteiger partial charge in [0.15, 0.2) is 5.03 Å². The molecule has 0 saturated carbocycles. The first-order valence-corrected chi connectivity index (χ1v) is 8.02. The van der Waals surface area contributed by atoms with Crippen LogP contribution in [0.2, 0.25) is 0 Å². The van der Waals surface area contributed by atoms with Gasteiger partial charge in [0.2, 0.25) is 0 Å². The summed E-state index contributed by atoms with van der Waals surface area (Å²) in [7, 11) is -2.92. The SMILES string of the molecule is COC(=O)c1cc(C)nnc1[S@](=N)(=O)c1cccc(C(F)(F)F)c1. The third kappa shape index (κ3) is 3.37. The van der Waals surface area contributed by atoms with Gasteiger partial charge in [-0.3, -0.25) is 0 Å². The first-order valence-electron chi connectivity index (χ1n) is 6.46. The fraction of sp³-hybridized carbons (Fsp3) is 0.214. The van der Waals surface area contributed by atoms with Crippen LogP contribution in [0, 0.1) is 11.7 Å². The van der Waals surface area contributed by atoms with Gasteiger partial charge >= 0.3 is 12.1 Å². The minimum atomic E-state index is -4.66. The predicted molar refractivity (Wildman–Crippen MR) is 76.9 cm³/mol. The second kappa shape index (κ2) is 6.19. The maximum Gasteiger partial charge on any atom is 0.416 e. The molecule has 0 fully saturated rings. The number of esters is 1. The van der Waals surface area contributed by atoms with E-state index in [0.717, 1.165) is 25.3 Å².